The summed E-state index contributed by atoms with van der Waals surface area (Å²) in [5.41, 5.74) is 7.29. The molecule has 0 bridgehead atoms. The van der Waals surface area contributed by atoms with Gasteiger partial charge in [-0.05, 0) is 37.2 Å². The van der Waals surface area contributed by atoms with Gasteiger partial charge in [0.25, 0.3) is 0 Å². The van der Waals surface area contributed by atoms with Crippen molar-refractivity contribution in [2.45, 2.75) is 32.4 Å². The molecule has 1 aromatic rings. The maximum Gasteiger partial charge on any atom is 0.0472 e. The van der Waals surface area contributed by atoms with E-state index in [0.29, 0.717) is 18.6 Å². The standard InChI is InChI=1S/C15H26N4/c1-3-18(4-2)14-7-10-19(12-14)15(11-16)13-5-8-17-9-6-13/h5-6,8-9,14-15H,3-4,7,10-12,16H2,1-2H3. The summed E-state index contributed by atoms with van der Waals surface area (Å²) in [5, 5.41) is 0. The van der Waals surface area contributed by atoms with Gasteiger partial charge in [-0.25, -0.2) is 0 Å². The molecular weight excluding hydrogens is 236 g/mol. The largest absolute Gasteiger partial charge is 0.329 e. The topological polar surface area (TPSA) is 45.4 Å². The molecule has 2 unspecified atom stereocenters. The van der Waals surface area contributed by atoms with Crippen molar-refractivity contribution in [3.8, 4) is 0 Å². The van der Waals surface area contributed by atoms with Crippen molar-refractivity contribution < 1.29 is 0 Å². The van der Waals surface area contributed by atoms with Crippen LogP contribution in [0.5, 0.6) is 0 Å². The van der Waals surface area contributed by atoms with E-state index in [4.69, 9.17) is 5.73 Å². The lowest BCUT2D eigenvalue weighted by Crippen LogP contribution is -2.39. The molecule has 2 atom stereocenters. The van der Waals surface area contributed by atoms with Gasteiger partial charge in [-0.3, -0.25) is 14.8 Å². The van der Waals surface area contributed by atoms with E-state index in [0.717, 1.165) is 26.2 Å². The number of pyridine rings is 1. The van der Waals surface area contributed by atoms with E-state index in [1.54, 1.807) is 0 Å². The molecule has 0 spiro atoms. The molecule has 0 aromatic carbocycles. The Morgan fingerprint density at radius 3 is 2.63 bits per heavy atom. The van der Waals surface area contributed by atoms with Crippen LogP contribution in [0.2, 0.25) is 0 Å². The molecule has 1 aromatic heterocycles. The number of hydrogen-bond acceptors (Lipinski definition) is 4. The second kappa shape index (κ2) is 6.98. The minimum atomic E-state index is 0.337. The van der Waals surface area contributed by atoms with Gasteiger partial charge in [0.05, 0.1) is 0 Å². The molecule has 4 heteroatoms. The van der Waals surface area contributed by atoms with Crippen LogP contribution in [0, 0.1) is 0 Å². The molecule has 0 aliphatic carbocycles. The first kappa shape index (κ1) is 14.4. The van der Waals surface area contributed by atoms with Gasteiger partial charge in [0.1, 0.15) is 0 Å². The van der Waals surface area contributed by atoms with Crippen LogP contribution in [0.4, 0.5) is 0 Å². The Morgan fingerprint density at radius 1 is 1.37 bits per heavy atom. The number of aromatic nitrogens is 1. The highest BCUT2D eigenvalue weighted by molar-refractivity contribution is 5.16. The number of nitrogens with two attached hydrogens (primary N) is 1. The summed E-state index contributed by atoms with van der Waals surface area (Å²) in [5.74, 6) is 0. The average Bonchev–Trinajstić information content (AvgIpc) is 2.92. The van der Waals surface area contributed by atoms with Crippen molar-refractivity contribution in [1.29, 1.82) is 0 Å². The number of likely N-dealkylation sites (tertiary alicyclic amines) is 1. The van der Waals surface area contributed by atoms with Gasteiger partial charge in [-0.2, -0.15) is 0 Å². The molecule has 1 aliphatic heterocycles. The molecule has 1 aliphatic rings. The summed E-state index contributed by atoms with van der Waals surface area (Å²) in [6.45, 7) is 9.71. The first-order valence-electron chi connectivity index (χ1n) is 7.38. The SMILES string of the molecule is CCN(CC)C1CCN(C(CN)c2ccncc2)C1. The first-order chi connectivity index (χ1) is 9.30. The highest BCUT2D eigenvalue weighted by Crippen LogP contribution is 2.25. The Labute approximate surface area is 116 Å². The maximum absolute atomic E-state index is 6.00. The van der Waals surface area contributed by atoms with E-state index in [9.17, 15) is 0 Å². The van der Waals surface area contributed by atoms with Crippen molar-refractivity contribution in [2.24, 2.45) is 5.73 Å². The van der Waals surface area contributed by atoms with E-state index in [2.05, 4.69) is 40.8 Å². The van der Waals surface area contributed by atoms with E-state index in [1.807, 2.05) is 12.4 Å². The molecule has 1 saturated heterocycles. The van der Waals surface area contributed by atoms with Gasteiger partial charge in [-0.15, -0.1) is 0 Å². The molecule has 4 nitrogen and oxygen atoms in total. The van der Waals surface area contributed by atoms with Gasteiger partial charge in [-0.1, -0.05) is 13.8 Å². The summed E-state index contributed by atoms with van der Waals surface area (Å²) in [4.78, 5) is 9.17. The fourth-order valence-electron chi connectivity index (χ4n) is 3.17. The van der Waals surface area contributed by atoms with Crippen LogP contribution in [0.3, 0.4) is 0 Å². The summed E-state index contributed by atoms with van der Waals surface area (Å²) in [6.07, 6.45) is 4.97. The van der Waals surface area contributed by atoms with E-state index in [1.165, 1.54) is 12.0 Å². The summed E-state index contributed by atoms with van der Waals surface area (Å²) < 4.78 is 0. The van der Waals surface area contributed by atoms with Crippen LogP contribution < -0.4 is 5.73 Å². The van der Waals surface area contributed by atoms with Crippen LogP contribution in [0.15, 0.2) is 24.5 Å². The van der Waals surface area contributed by atoms with Gasteiger partial charge >= 0.3 is 0 Å². The zero-order valence-corrected chi connectivity index (χ0v) is 12.1. The lowest BCUT2D eigenvalue weighted by molar-refractivity contribution is 0.189. The average molecular weight is 262 g/mol. The number of likely N-dealkylation sites (N-methyl/N-ethyl adjacent to an activating group) is 1. The third-order valence-electron chi connectivity index (χ3n) is 4.28. The smallest absolute Gasteiger partial charge is 0.0472 e. The predicted molar refractivity (Wildman–Crippen MR) is 78.9 cm³/mol. The quantitative estimate of drug-likeness (QED) is 0.844. The molecule has 2 rings (SSSR count). The lowest BCUT2D eigenvalue weighted by atomic mass is 10.1. The Morgan fingerprint density at radius 2 is 2.05 bits per heavy atom. The summed E-state index contributed by atoms with van der Waals surface area (Å²) >= 11 is 0. The summed E-state index contributed by atoms with van der Waals surface area (Å²) in [7, 11) is 0. The fourth-order valence-corrected chi connectivity index (χ4v) is 3.17. The van der Waals surface area contributed by atoms with Crippen molar-refractivity contribution in [3.63, 3.8) is 0 Å². The van der Waals surface area contributed by atoms with Crippen molar-refractivity contribution in [2.75, 3.05) is 32.7 Å². The highest BCUT2D eigenvalue weighted by atomic mass is 15.3. The minimum absolute atomic E-state index is 0.337. The Bertz CT molecular complexity index is 364. The first-order valence-corrected chi connectivity index (χ1v) is 7.38. The molecule has 1 fully saturated rings. The third kappa shape index (κ3) is 3.32. The lowest BCUT2D eigenvalue weighted by Gasteiger charge is -2.29. The van der Waals surface area contributed by atoms with Crippen molar-refractivity contribution >= 4 is 0 Å². The zero-order chi connectivity index (χ0) is 13.7. The van der Waals surface area contributed by atoms with Crippen molar-refractivity contribution in [1.82, 2.24) is 14.8 Å². The van der Waals surface area contributed by atoms with Crippen LogP contribution in [-0.2, 0) is 0 Å². The molecule has 19 heavy (non-hydrogen) atoms. The molecule has 2 N–H and O–H groups in total. The van der Waals surface area contributed by atoms with Crippen LogP contribution in [0.1, 0.15) is 31.9 Å². The number of rotatable bonds is 6. The predicted octanol–water partition coefficient (Wildman–Crippen LogP) is 1.50. The fraction of sp³-hybridized carbons (Fsp3) is 0.667. The Kier molecular flexibility index (Phi) is 5.31. The van der Waals surface area contributed by atoms with Gasteiger partial charge < -0.3 is 5.73 Å². The second-order valence-corrected chi connectivity index (χ2v) is 5.19. The van der Waals surface area contributed by atoms with Gasteiger partial charge in [0.2, 0.25) is 0 Å². The molecule has 0 radical (unpaired) electrons. The maximum atomic E-state index is 6.00. The normalized spacial score (nSPS) is 22.0. The van der Waals surface area contributed by atoms with E-state index < -0.39 is 0 Å². The molecule has 106 valence electrons. The minimum Gasteiger partial charge on any atom is -0.329 e. The number of nitrogens with zero attached hydrogens (tertiary/aromatic N) is 3. The van der Waals surface area contributed by atoms with Gasteiger partial charge in [0, 0.05) is 44.1 Å². The number of hydrogen-bond donors (Lipinski definition) is 1. The molecule has 2 heterocycles. The molecule has 0 saturated carbocycles. The molecular formula is C15H26N4. The van der Waals surface area contributed by atoms with Crippen molar-refractivity contribution in [3.05, 3.63) is 30.1 Å². The Hall–Kier alpha value is -0.970. The van der Waals surface area contributed by atoms with E-state index in [-0.39, 0.29) is 0 Å². The zero-order valence-electron chi connectivity index (χ0n) is 12.1. The summed E-state index contributed by atoms with van der Waals surface area (Å²) in [6, 6.07) is 5.19. The van der Waals surface area contributed by atoms with Crippen LogP contribution in [-0.4, -0.2) is 53.5 Å². The van der Waals surface area contributed by atoms with Gasteiger partial charge in [0.15, 0.2) is 0 Å². The molecule has 0 amide bonds. The Balaban J connectivity index is 2.02. The van der Waals surface area contributed by atoms with Crippen LogP contribution in [0.25, 0.3) is 0 Å². The van der Waals surface area contributed by atoms with E-state index >= 15 is 0 Å². The highest BCUT2D eigenvalue weighted by Gasteiger charge is 2.30. The monoisotopic (exact) mass is 262 g/mol. The third-order valence-corrected chi connectivity index (χ3v) is 4.28. The van der Waals surface area contributed by atoms with Crippen LogP contribution >= 0.6 is 0 Å². The second-order valence-electron chi connectivity index (χ2n) is 5.19.